The van der Waals surface area contributed by atoms with Gasteiger partial charge in [0.2, 0.25) is 0 Å². The van der Waals surface area contributed by atoms with Crippen molar-refractivity contribution in [2.24, 2.45) is 0 Å². The molecule has 4 heteroatoms. The summed E-state index contributed by atoms with van der Waals surface area (Å²) in [6.45, 7) is 0. The van der Waals surface area contributed by atoms with E-state index in [1.807, 2.05) is 0 Å². The van der Waals surface area contributed by atoms with Crippen molar-refractivity contribution >= 4 is 5.97 Å². The Morgan fingerprint density at radius 3 is 2.93 bits per heavy atom. The van der Waals surface area contributed by atoms with Crippen molar-refractivity contribution in [1.82, 2.24) is 4.98 Å². The summed E-state index contributed by atoms with van der Waals surface area (Å²) >= 11 is 0. The van der Waals surface area contributed by atoms with Crippen LogP contribution in [0.15, 0.2) is 6.07 Å². The second-order valence-electron chi connectivity index (χ2n) is 3.65. The molecule has 0 aromatic carbocycles. The summed E-state index contributed by atoms with van der Waals surface area (Å²) < 4.78 is 4.57. The largest absolute Gasteiger partial charge is 0.508 e. The Bertz CT molecular complexity index is 401. The van der Waals surface area contributed by atoms with Crippen LogP contribution < -0.4 is 0 Å². The smallest absolute Gasteiger partial charge is 0.356 e. The van der Waals surface area contributed by atoms with E-state index < -0.39 is 5.97 Å². The van der Waals surface area contributed by atoms with Gasteiger partial charge >= 0.3 is 5.97 Å². The zero-order chi connectivity index (χ0) is 10.8. The van der Waals surface area contributed by atoms with Crippen LogP contribution in [0.5, 0.6) is 5.75 Å². The highest BCUT2D eigenvalue weighted by molar-refractivity contribution is 5.87. The van der Waals surface area contributed by atoms with Gasteiger partial charge in [-0.1, -0.05) is 0 Å². The Kier molecular flexibility index (Phi) is 2.58. The molecular weight excluding hydrogens is 194 g/mol. The number of esters is 1. The van der Waals surface area contributed by atoms with E-state index in [0.717, 1.165) is 36.9 Å². The number of methoxy groups -OCH3 is 1. The quantitative estimate of drug-likeness (QED) is 0.708. The molecule has 1 N–H and O–H groups in total. The molecule has 1 aliphatic rings. The predicted octanol–water partition coefficient (Wildman–Crippen LogP) is 1.45. The maximum absolute atomic E-state index is 11.3. The van der Waals surface area contributed by atoms with Crippen LogP contribution in [0, 0.1) is 0 Å². The van der Waals surface area contributed by atoms with Gasteiger partial charge in [-0.15, -0.1) is 0 Å². The molecule has 1 heterocycles. The zero-order valence-corrected chi connectivity index (χ0v) is 8.62. The number of ether oxygens (including phenoxy) is 1. The zero-order valence-electron chi connectivity index (χ0n) is 8.62. The van der Waals surface area contributed by atoms with Gasteiger partial charge in [-0.2, -0.15) is 0 Å². The lowest BCUT2D eigenvalue weighted by Crippen LogP contribution is -2.11. The minimum absolute atomic E-state index is 0.167. The van der Waals surface area contributed by atoms with Crippen LogP contribution in [0.3, 0.4) is 0 Å². The number of hydrogen-bond acceptors (Lipinski definition) is 4. The SMILES string of the molecule is COC(=O)c1cc(O)c2c(n1)CCCC2. The summed E-state index contributed by atoms with van der Waals surface area (Å²) in [6, 6.07) is 1.38. The number of nitrogens with zero attached hydrogens (tertiary/aromatic N) is 1. The van der Waals surface area contributed by atoms with E-state index >= 15 is 0 Å². The fourth-order valence-corrected chi connectivity index (χ4v) is 1.89. The molecule has 0 amide bonds. The first-order valence-electron chi connectivity index (χ1n) is 5.02. The highest BCUT2D eigenvalue weighted by Crippen LogP contribution is 2.28. The van der Waals surface area contributed by atoms with Crippen molar-refractivity contribution in [2.45, 2.75) is 25.7 Å². The van der Waals surface area contributed by atoms with E-state index in [-0.39, 0.29) is 11.4 Å². The molecule has 0 aliphatic heterocycles. The van der Waals surface area contributed by atoms with E-state index in [1.54, 1.807) is 0 Å². The van der Waals surface area contributed by atoms with Gasteiger partial charge in [0.05, 0.1) is 7.11 Å². The topological polar surface area (TPSA) is 59.4 Å². The first-order chi connectivity index (χ1) is 7.22. The second-order valence-corrected chi connectivity index (χ2v) is 3.65. The number of aromatic nitrogens is 1. The summed E-state index contributed by atoms with van der Waals surface area (Å²) in [5, 5.41) is 9.73. The monoisotopic (exact) mass is 207 g/mol. The molecule has 1 aromatic rings. The Hall–Kier alpha value is -1.58. The van der Waals surface area contributed by atoms with Gasteiger partial charge in [0, 0.05) is 17.3 Å². The maximum Gasteiger partial charge on any atom is 0.356 e. The third-order valence-corrected chi connectivity index (χ3v) is 2.67. The van der Waals surface area contributed by atoms with Crippen LogP contribution in [0.4, 0.5) is 0 Å². The van der Waals surface area contributed by atoms with Gasteiger partial charge in [-0.25, -0.2) is 9.78 Å². The summed E-state index contributed by atoms with van der Waals surface area (Å²) in [5.74, 6) is -0.334. The summed E-state index contributed by atoms with van der Waals surface area (Å²) in [6.07, 6.45) is 3.80. The van der Waals surface area contributed by atoms with Crippen LogP contribution in [0.2, 0.25) is 0 Å². The van der Waals surface area contributed by atoms with Crippen molar-refractivity contribution in [2.75, 3.05) is 7.11 Å². The van der Waals surface area contributed by atoms with Gasteiger partial charge in [0.1, 0.15) is 5.75 Å². The molecule has 0 bridgehead atoms. The Labute approximate surface area is 87.9 Å². The normalized spacial score (nSPS) is 14.5. The molecular formula is C11H13NO3. The molecule has 1 aromatic heterocycles. The highest BCUT2D eigenvalue weighted by atomic mass is 16.5. The average molecular weight is 207 g/mol. The van der Waals surface area contributed by atoms with Crippen molar-refractivity contribution in [3.05, 3.63) is 23.0 Å². The first kappa shape index (κ1) is 9.96. The molecule has 15 heavy (non-hydrogen) atoms. The number of fused-ring (bicyclic) bond motifs is 1. The second kappa shape index (κ2) is 3.88. The molecule has 0 atom stereocenters. The van der Waals surface area contributed by atoms with E-state index in [9.17, 15) is 9.90 Å². The van der Waals surface area contributed by atoms with Crippen LogP contribution in [0.1, 0.15) is 34.6 Å². The van der Waals surface area contributed by atoms with E-state index in [0.29, 0.717) is 0 Å². The molecule has 0 radical (unpaired) electrons. The number of carbonyl (C=O) groups excluding carboxylic acids is 1. The number of pyridine rings is 1. The minimum Gasteiger partial charge on any atom is -0.508 e. The third-order valence-electron chi connectivity index (χ3n) is 2.67. The average Bonchev–Trinajstić information content (AvgIpc) is 2.28. The number of hydrogen-bond donors (Lipinski definition) is 1. The summed E-state index contributed by atoms with van der Waals surface area (Å²) in [5.41, 5.74) is 1.91. The number of aromatic hydroxyl groups is 1. The van der Waals surface area contributed by atoms with Crippen LogP contribution in [-0.4, -0.2) is 23.2 Å². The van der Waals surface area contributed by atoms with E-state index in [4.69, 9.17) is 0 Å². The van der Waals surface area contributed by atoms with Gasteiger partial charge in [0.25, 0.3) is 0 Å². The highest BCUT2D eigenvalue weighted by Gasteiger charge is 2.18. The lowest BCUT2D eigenvalue weighted by Gasteiger charge is -2.16. The summed E-state index contributed by atoms with van der Waals surface area (Å²) in [7, 11) is 1.31. The van der Waals surface area contributed by atoms with Crippen LogP contribution in [-0.2, 0) is 17.6 Å². The fourth-order valence-electron chi connectivity index (χ4n) is 1.89. The standard InChI is InChI=1S/C11H13NO3/c1-15-11(14)9-6-10(13)7-4-2-3-5-8(7)12-9/h6H,2-5H2,1H3,(H,12,13). The molecule has 0 spiro atoms. The Morgan fingerprint density at radius 2 is 2.20 bits per heavy atom. The van der Waals surface area contributed by atoms with Crippen LogP contribution >= 0.6 is 0 Å². The summed E-state index contributed by atoms with van der Waals surface area (Å²) in [4.78, 5) is 15.5. The Morgan fingerprint density at radius 1 is 1.47 bits per heavy atom. The third kappa shape index (κ3) is 1.79. The Balaban J connectivity index is 2.45. The van der Waals surface area contributed by atoms with Crippen molar-refractivity contribution in [1.29, 1.82) is 0 Å². The van der Waals surface area contributed by atoms with Gasteiger partial charge < -0.3 is 9.84 Å². The molecule has 0 unspecified atom stereocenters. The van der Waals surface area contributed by atoms with Gasteiger partial charge in [0.15, 0.2) is 5.69 Å². The van der Waals surface area contributed by atoms with Crippen molar-refractivity contribution in [3.8, 4) is 5.75 Å². The molecule has 80 valence electrons. The maximum atomic E-state index is 11.3. The minimum atomic E-state index is -0.501. The van der Waals surface area contributed by atoms with E-state index in [2.05, 4.69) is 9.72 Å². The molecule has 1 aliphatic carbocycles. The predicted molar refractivity (Wildman–Crippen MR) is 53.9 cm³/mol. The molecule has 2 rings (SSSR count). The lowest BCUT2D eigenvalue weighted by molar-refractivity contribution is 0.0593. The van der Waals surface area contributed by atoms with E-state index in [1.165, 1.54) is 13.2 Å². The van der Waals surface area contributed by atoms with Crippen molar-refractivity contribution in [3.63, 3.8) is 0 Å². The molecule has 4 nitrogen and oxygen atoms in total. The number of aryl methyl sites for hydroxylation is 1. The van der Waals surface area contributed by atoms with Gasteiger partial charge in [-0.05, 0) is 25.7 Å². The lowest BCUT2D eigenvalue weighted by atomic mass is 9.95. The molecule has 0 saturated heterocycles. The van der Waals surface area contributed by atoms with Crippen molar-refractivity contribution < 1.29 is 14.6 Å². The molecule has 0 fully saturated rings. The first-order valence-corrected chi connectivity index (χ1v) is 5.02. The number of rotatable bonds is 1. The fraction of sp³-hybridized carbons (Fsp3) is 0.455. The van der Waals surface area contributed by atoms with Gasteiger partial charge in [-0.3, -0.25) is 0 Å². The van der Waals surface area contributed by atoms with Crippen LogP contribution in [0.25, 0.3) is 0 Å². The number of carbonyl (C=O) groups is 1. The molecule has 0 saturated carbocycles.